The molecule has 17 heteroatoms. The van der Waals surface area contributed by atoms with Crippen molar-refractivity contribution in [2.75, 3.05) is 77.1 Å². The third-order valence-electron chi connectivity index (χ3n) is 12.8. The smallest absolute Gasteiger partial charge is 0.277 e. The minimum atomic E-state index is -4.63. The van der Waals surface area contributed by atoms with Crippen molar-refractivity contribution >= 4 is 55.5 Å². The lowest BCUT2D eigenvalue weighted by molar-refractivity contribution is -0.386. The van der Waals surface area contributed by atoms with Crippen molar-refractivity contribution in [2.24, 2.45) is 11.3 Å². The maximum Gasteiger partial charge on any atom is 0.277 e. The number of piperazine rings is 1. The van der Waals surface area contributed by atoms with Crippen LogP contribution in [0.4, 0.5) is 11.4 Å². The van der Waals surface area contributed by atoms with Gasteiger partial charge in [-0.3, -0.25) is 24.7 Å². The van der Waals surface area contributed by atoms with Crippen LogP contribution in [0.2, 0.25) is 5.02 Å². The number of nitrogens with one attached hydrogen (secondary N) is 2. The van der Waals surface area contributed by atoms with Crippen LogP contribution in [0.25, 0.3) is 16.6 Å². The monoisotopic (exact) mass is 909 g/mol. The minimum absolute atomic E-state index is 0.0223. The van der Waals surface area contributed by atoms with E-state index >= 15 is 0 Å². The average Bonchev–Trinajstić information content (AvgIpc) is 3.75. The van der Waals surface area contributed by atoms with Crippen LogP contribution < -0.4 is 19.1 Å². The highest BCUT2D eigenvalue weighted by atomic mass is 35.5. The normalized spacial score (nSPS) is 19.5. The molecular formula is C47H52ClN7O8S. The molecule has 0 bridgehead atoms. The Balaban J connectivity index is 0.938. The van der Waals surface area contributed by atoms with Gasteiger partial charge in [0.2, 0.25) is 0 Å². The lowest BCUT2D eigenvalue weighted by Gasteiger charge is -2.39. The lowest BCUT2D eigenvalue weighted by atomic mass is 9.72. The topological polar surface area (TPSA) is 172 Å². The highest BCUT2D eigenvalue weighted by Crippen LogP contribution is 2.44. The number of aromatic amines is 1. The number of morpholine rings is 1. The Bertz CT molecular complexity index is 2710. The Labute approximate surface area is 377 Å². The molecule has 336 valence electrons. The van der Waals surface area contributed by atoms with E-state index in [1.54, 1.807) is 30.5 Å². The van der Waals surface area contributed by atoms with Crippen molar-refractivity contribution in [3.63, 3.8) is 0 Å². The van der Waals surface area contributed by atoms with Crippen LogP contribution in [0.15, 0.2) is 89.6 Å². The molecular weight excluding hydrogens is 858 g/mol. The summed E-state index contributed by atoms with van der Waals surface area (Å²) in [7, 11) is -4.63. The molecule has 0 unspecified atom stereocenters. The molecule has 0 saturated carbocycles. The van der Waals surface area contributed by atoms with Gasteiger partial charge < -0.3 is 24.1 Å². The lowest BCUT2D eigenvalue weighted by Crippen LogP contribution is -2.47. The number of aromatic nitrogens is 2. The highest BCUT2D eigenvalue weighted by molar-refractivity contribution is 7.90. The summed E-state index contributed by atoms with van der Waals surface area (Å²) in [6.45, 7) is 12.3. The zero-order valence-corrected chi connectivity index (χ0v) is 37.6. The molecule has 5 heterocycles. The summed E-state index contributed by atoms with van der Waals surface area (Å²) in [5.74, 6) is -0.401. The van der Waals surface area contributed by atoms with E-state index in [1.807, 2.05) is 18.2 Å². The zero-order chi connectivity index (χ0) is 44.6. The average molecular weight is 910 g/mol. The van der Waals surface area contributed by atoms with E-state index in [0.29, 0.717) is 43.1 Å². The maximum atomic E-state index is 14.1. The number of halogens is 1. The van der Waals surface area contributed by atoms with E-state index in [2.05, 4.69) is 55.4 Å². The van der Waals surface area contributed by atoms with Gasteiger partial charge in [0, 0.05) is 98.8 Å². The van der Waals surface area contributed by atoms with Gasteiger partial charge in [-0.05, 0) is 78.6 Å². The van der Waals surface area contributed by atoms with Crippen LogP contribution in [0.1, 0.15) is 54.6 Å². The summed E-state index contributed by atoms with van der Waals surface area (Å²) >= 11 is 6.25. The second-order valence-corrected chi connectivity index (χ2v) is 20.1. The molecule has 3 aromatic carbocycles. The standard InChI is InChI=1S/C47H52ClN7O8S/c1-47(2)11-9-34(41(26-47)32-3-5-35(48)6-4-32)29-52-13-15-54(16-14-52)36-7-8-39(44(23-36)63-37-22-33-10-12-49-45(33)50-27-37)46(56)51-64(59,60)38-24-42(55(57)58)40-21-31(30-62-43(40)25-38)28-53-17-19-61-20-18-53/h3-8,10,12,22-25,27,31H,9,11,13-21,26,28-30H2,1-2H3,(H,49,50)(H,51,56)/t31-/m1/s1. The van der Waals surface area contributed by atoms with Gasteiger partial charge in [0.15, 0.2) is 0 Å². The number of allylic oxidation sites excluding steroid dienone is 1. The molecule has 64 heavy (non-hydrogen) atoms. The second kappa shape index (κ2) is 18.2. The molecule has 9 rings (SSSR count). The van der Waals surface area contributed by atoms with Crippen LogP contribution >= 0.6 is 11.6 Å². The van der Waals surface area contributed by atoms with Crippen molar-refractivity contribution < 1.29 is 32.3 Å². The molecule has 0 radical (unpaired) electrons. The number of pyridine rings is 1. The van der Waals surface area contributed by atoms with Crippen molar-refractivity contribution in [3.05, 3.63) is 117 Å². The van der Waals surface area contributed by atoms with Crippen LogP contribution in [0.5, 0.6) is 17.2 Å². The van der Waals surface area contributed by atoms with Gasteiger partial charge in [-0.2, -0.15) is 0 Å². The van der Waals surface area contributed by atoms with E-state index in [1.165, 1.54) is 29.0 Å². The van der Waals surface area contributed by atoms with Gasteiger partial charge in [-0.15, -0.1) is 0 Å². The summed E-state index contributed by atoms with van der Waals surface area (Å²) in [4.78, 5) is 39.8. The summed E-state index contributed by atoms with van der Waals surface area (Å²) in [6.07, 6.45) is 6.83. The minimum Gasteiger partial charge on any atom is -0.493 e. The van der Waals surface area contributed by atoms with Crippen LogP contribution in [0, 0.1) is 21.4 Å². The zero-order valence-electron chi connectivity index (χ0n) is 36.0. The number of carbonyl (C=O) groups excluding carboxylic acids is 1. The Morgan fingerprint density at radius 3 is 2.56 bits per heavy atom. The number of nitrogens with zero attached hydrogens (tertiary/aromatic N) is 5. The van der Waals surface area contributed by atoms with Crippen molar-refractivity contribution in [2.45, 2.75) is 44.4 Å². The van der Waals surface area contributed by atoms with E-state index < -0.39 is 25.7 Å². The van der Waals surface area contributed by atoms with Crippen LogP contribution in [-0.2, 0) is 21.2 Å². The fourth-order valence-corrected chi connectivity index (χ4v) is 10.4. The molecule has 2 saturated heterocycles. The molecule has 2 fully saturated rings. The summed E-state index contributed by atoms with van der Waals surface area (Å²) in [6, 6.07) is 19.1. The van der Waals surface area contributed by atoms with Gasteiger partial charge in [0.05, 0.1) is 47.0 Å². The predicted octanol–water partition coefficient (Wildman–Crippen LogP) is 7.70. The second-order valence-electron chi connectivity index (χ2n) is 18.0. The van der Waals surface area contributed by atoms with Crippen LogP contribution in [-0.4, -0.2) is 111 Å². The largest absolute Gasteiger partial charge is 0.493 e. The fourth-order valence-electron chi connectivity index (χ4n) is 9.30. The van der Waals surface area contributed by atoms with Crippen molar-refractivity contribution in [1.29, 1.82) is 0 Å². The molecule has 0 spiro atoms. The van der Waals surface area contributed by atoms with Crippen molar-refractivity contribution in [3.8, 4) is 17.2 Å². The first-order valence-corrected chi connectivity index (χ1v) is 23.6. The molecule has 5 aromatic rings. The van der Waals surface area contributed by atoms with Gasteiger partial charge in [0.25, 0.3) is 21.6 Å². The number of nitro benzene ring substituents is 1. The number of amides is 1. The molecule has 4 aliphatic rings. The molecule has 2 N–H and O–H groups in total. The maximum absolute atomic E-state index is 14.1. The van der Waals surface area contributed by atoms with E-state index in [4.69, 9.17) is 25.8 Å². The molecule has 3 aliphatic heterocycles. The number of carbonyl (C=O) groups is 1. The van der Waals surface area contributed by atoms with E-state index in [0.717, 1.165) is 87.2 Å². The summed E-state index contributed by atoms with van der Waals surface area (Å²) in [5.41, 5.74) is 5.70. The first kappa shape index (κ1) is 43.7. The molecule has 1 atom stereocenters. The first-order chi connectivity index (χ1) is 30.8. The molecule has 1 amide bonds. The highest BCUT2D eigenvalue weighted by Gasteiger charge is 2.34. The SMILES string of the molecule is CC1(C)CCC(CN2CCN(c3ccc(C(=O)NS(=O)(=O)c4cc5c(c([N+](=O)[O-])c4)C[C@H](CN4CCOCC4)CO5)c(Oc4cnc5[nH]ccc5c4)c3)CC2)=C(c2ccc(Cl)cc2)C1. The molecule has 2 aromatic heterocycles. The Kier molecular flexibility index (Phi) is 12.4. The Morgan fingerprint density at radius 1 is 1.02 bits per heavy atom. The predicted molar refractivity (Wildman–Crippen MR) is 245 cm³/mol. The fraction of sp³-hybridized carbons (Fsp3) is 0.404. The number of nitro groups is 1. The number of sulfonamides is 1. The Hall–Kier alpha value is -5.52. The third-order valence-corrected chi connectivity index (χ3v) is 14.4. The van der Waals surface area contributed by atoms with Crippen molar-refractivity contribution in [1.82, 2.24) is 24.5 Å². The van der Waals surface area contributed by atoms with Gasteiger partial charge in [-0.1, -0.05) is 43.2 Å². The molecule has 15 nitrogen and oxygen atoms in total. The Morgan fingerprint density at radius 2 is 1.80 bits per heavy atom. The third kappa shape index (κ3) is 9.76. The van der Waals surface area contributed by atoms with Gasteiger partial charge >= 0.3 is 0 Å². The number of anilines is 1. The summed E-state index contributed by atoms with van der Waals surface area (Å²) in [5, 5.41) is 13.9. The number of H-pyrrole nitrogens is 1. The number of rotatable bonds is 12. The number of hydrogen-bond acceptors (Lipinski definition) is 12. The molecule has 1 aliphatic carbocycles. The van der Waals surface area contributed by atoms with E-state index in [-0.39, 0.29) is 40.7 Å². The number of fused-ring (bicyclic) bond motifs is 2. The van der Waals surface area contributed by atoms with Gasteiger partial charge in [0.1, 0.15) is 22.9 Å². The number of ether oxygens (including phenoxy) is 3. The summed E-state index contributed by atoms with van der Waals surface area (Å²) < 4.78 is 47.8. The quantitative estimate of drug-likeness (QED) is 0.0925. The number of hydrogen-bond donors (Lipinski definition) is 2. The first-order valence-electron chi connectivity index (χ1n) is 21.8. The van der Waals surface area contributed by atoms with Gasteiger partial charge in [-0.25, -0.2) is 18.1 Å². The van der Waals surface area contributed by atoms with Crippen LogP contribution in [0.3, 0.4) is 0 Å². The number of benzene rings is 3. The van der Waals surface area contributed by atoms with E-state index in [9.17, 15) is 23.3 Å².